The van der Waals surface area contributed by atoms with Crippen molar-refractivity contribution in [3.8, 4) is 0 Å². The van der Waals surface area contributed by atoms with Crippen LogP contribution in [0.3, 0.4) is 0 Å². The van der Waals surface area contributed by atoms with Crippen molar-refractivity contribution in [3.63, 3.8) is 0 Å². The monoisotopic (exact) mass is 446 g/mol. The molecule has 0 saturated heterocycles. The number of hydrogen-bond acceptors (Lipinski definition) is 2. The summed E-state index contributed by atoms with van der Waals surface area (Å²) in [6, 6.07) is 0. The van der Waals surface area contributed by atoms with Gasteiger partial charge in [0.05, 0.1) is 6.61 Å². The molecule has 0 aromatic heterocycles. The fraction of sp³-hybridized carbons (Fsp3) is 1.00. The predicted octanol–water partition coefficient (Wildman–Crippen LogP) is 9.81. The van der Waals surface area contributed by atoms with E-state index in [1.807, 2.05) is 0 Å². The van der Waals surface area contributed by atoms with E-state index >= 15 is 0 Å². The summed E-state index contributed by atoms with van der Waals surface area (Å²) in [6.45, 7) is 4.93. The molecule has 0 aromatic carbocycles. The minimum Gasteiger partial charge on any atom is -0.324 e. The Morgan fingerprint density at radius 2 is 0.800 bits per heavy atom. The second-order valence-electron chi connectivity index (χ2n) is 9.27. The van der Waals surface area contributed by atoms with Gasteiger partial charge in [0.15, 0.2) is 0 Å². The third-order valence-electron chi connectivity index (χ3n) is 6.09. The van der Waals surface area contributed by atoms with Crippen molar-refractivity contribution in [1.29, 1.82) is 0 Å². The van der Waals surface area contributed by atoms with Crippen molar-refractivity contribution >= 4 is 7.60 Å². The van der Waals surface area contributed by atoms with Gasteiger partial charge in [-0.2, -0.15) is 0 Å². The predicted molar refractivity (Wildman–Crippen MR) is 134 cm³/mol. The first-order chi connectivity index (χ1) is 14.6. The van der Waals surface area contributed by atoms with Crippen molar-refractivity contribution in [2.24, 2.45) is 0 Å². The highest BCUT2D eigenvalue weighted by Crippen LogP contribution is 2.43. The van der Waals surface area contributed by atoms with Gasteiger partial charge in [0.2, 0.25) is 0 Å². The number of hydrogen-bond donors (Lipinski definition) is 1. The molecule has 0 spiro atoms. The van der Waals surface area contributed by atoms with Gasteiger partial charge in [-0.05, 0) is 12.8 Å². The first-order valence-corrected chi connectivity index (χ1v) is 15.3. The highest BCUT2D eigenvalue weighted by molar-refractivity contribution is 7.52. The van der Waals surface area contributed by atoms with Gasteiger partial charge in [-0.15, -0.1) is 0 Å². The van der Waals surface area contributed by atoms with Crippen LogP contribution in [0.15, 0.2) is 0 Å². The third-order valence-corrected chi connectivity index (χ3v) is 7.55. The lowest BCUT2D eigenvalue weighted by molar-refractivity contribution is 0.252. The lowest BCUT2D eigenvalue weighted by Gasteiger charge is -2.12. The van der Waals surface area contributed by atoms with E-state index in [4.69, 9.17) is 4.52 Å². The summed E-state index contributed by atoms with van der Waals surface area (Å²) < 4.78 is 17.3. The van der Waals surface area contributed by atoms with Gasteiger partial charge in [0.25, 0.3) is 0 Å². The minimum absolute atomic E-state index is 0.335. The highest BCUT2D eigenvalue weighted by atomic mass is 31.2. The molecule has 3 nitrogen and oxygen atoms in total. The van der Waals surface area contributed by atoms with Crippen molar-refractivity contribution in [3.05, 3.63) is 0 Å². The molecule has 1 N–H and O–H groups in total. The summed E-state index contributed by atoms with van der Waals surface area (Å²) in [5.74, 6) is 0. The molecule has 4 heteroatoms. The average Bonchev–Trinajstić information content (AvgIpc) is 2.72. The molecule has 182 valence electrons. The average molecular weight is 447 g/mol. The van der Waals surface area contributed by atoms with E-state index < -0.39 is 7.60 Å². The van der Waals surface area contributed by atoms with E-state index in [-0.39, 0.29) is 0 Å². The molecule has 0 aromatic rings. The maximum Gasteiger partial charge on any atom is 0.328 e. The van der Waals surface area contributed by atoms with Crippen molar-refractivity contribution in [2.45, 2.75) is 155 Å². The first-order valence-electron chi connectivity index (χ1n) is 13.6. The Bertz CT molecular complexity index is 373. The fourth-order valence-corrected chi connectivity index (χ4v) is 5.18. The molecule has 1 unspecified atom stereocenters. The quantitative estimate of drug-likeness (QED) is 0.112. The normalized spacial score (nSPS) is 13.6. The highest BCUT2D eigenvalue weighted by Gasteiger charge is 2.17. The molecule has 0 aliphatic heterocycles. The molecule has 1 atom stereocenters. The van der Waals surface area contributed by atoms with Crippen molar-refractivity contribution in [1.82, 2.24) is 0 Å². The minimum atomic E-state index is -3.34. The lowest BCUT2D eigenvalue weighted by Crippen LogP contribution is -1.97. The second-order valence-corrected chi connectivity index (χ2v) is 11.2. The molecular formula is C26H55O3P. The van der Waals surface area contributed by atoms with Crippen LogP contribution in [0.5, 0.6) is 0 Å². The molecule has 0 bridgehead atoms. The van der Waals surface area contributed by atoms with E-state index in [0.717, 1.165) is 25.7 Å². The van der Waals surface area contributed by atoms with Gasteiger partial charge in [-0.25, -0.2) is 0 Å². The molecule has 0 amide bonds. The molecule has 0 heterocycles. The zero-order valence-corrected chi connectivity index (χ0v) is 21.6. The molecule has 30 heavy (non-hydrogen) atoms. The molecule has 0 aliphatic carbocycles. The SMILES string of the molecule is CCCCCCCCCCCCCCCCCCP(=O)(O)OCCCCCCCC. The maximum absolute atomic E-state index is 12.0. The van der Waals surface area contributed by atoms with Gasteiger partial charge < -0.3 is 9.42 Å². The Morgan fingerprint density at radius 1 is 0.500 bits per heavy atom. The molecule has 0 aliphatic rings. The van der Waals surface area contributed by atoms with Gasteiger partial charge in [0.1, 0.15) is 0 Å². The summed E-state index contributed by atoms with van der Waals surface area (Å²) in [5.41, 5.74) is 0. The van der Waals surface area contributed by atoms with Gasteiger partial charge >= 0.3 is 7.60 Å². The van der Waals surface area contributed by atoms with Gasteiger partial charge in [0, 0.05) is 6.16 Å². The standard InChI is InChI=1S/C26H55O3P/c1-3-5-7-9-11-12-13-14-15-16-17-18-19-20-22-24-26-30(27,28)29-25-23-21-10-8-6-4-2/h3-26H2,1-2H3,(H,27,28). The van der Waals surface area contributed by atoms with Crippen LogP contribution in [0.4, 0.5) is 0 Å². The molecule has 0 rings (SSSR count). The lowest BCUT2D eigenvalue weighted by atomic mass is 10.0. The van der Waals surface area contributed by atoms with Crippen LogP contribution in [-0.2, 0) is 9.09 Å². The zero-order chi connectivity index (χ0) is 22.2. The maximum atomic E-state index is 12.0. The summed E-state index contributed by atoms with van der Waals surface area (Å²) in [7, 11) is -3.34. The van der Waals surface area contributed by atoms with E-state index in [0.29, 0.717) is 12.8 Å². The topological polar surface area (TPSA) is 46.5 Å². The Balaban J connectivity index is 3.26. The summed E-state index contributed by atoms with van der Waals surface area (Å²) in [5, 5.41) is 0. The van der Waals surface area contributed by atoms with E-state index in [2.05, 4.69) is 13.8 Å². The van der Waals surface area contributed by atoms with Crippen molar-refractivity contribution < 1.29 is 14.0 Å². The van der Waals surface area contributed by atoms with E-state index in [9.17, 15) is 9.46 Å². The summed E-state index contributed by atoms with van der Waals surface area (Å²) in [6.07, 6.45) is 28.5. The van der Waals surface area contributed by atoms with Gasteiger partial charge in [-0.3, -0.25) is 4.57 Å². The largest absolute Gasteiger partial charge is 0.328 e. The van der Waals surface area contributed by atoms with Crippen LogP contribution >= 0.6 is 7.60 Å². The molecule has 0 radical (unpaired) electrons. The molecule has 0 saturated carbocycles. The summed E-state index contributed by atoms with van der Waals surface area (Å²) in [4.78, 5) is 9.90. The van der Waals surface area contributed by atoms with E-state index in [1.54, 1.807) is 0 Å². The van der Waals surface area contributed by atoms with E-state index in [1.165, 1.54) is 116 Å². The Morgan fingerprint density at radius 3 is 1.17 bits per heavy atom. The first kappa shape index (κ1) is 30.1. The third kappa shape index (κ3) is 24.4. The summed E-state index contributed by atoms with van der Waals surface area (Å²) >= 11 is 0. The zero-order valence-electron chi connectivity index (χ0n) is 20.7. The van der Waals surface area contributed by atoms with Crippen LogP contribution < -0.4 is 0 Å². The van der Waals surface area contributed by atoms with Crippen LogP contribution in [0.1, 0.15) is 155 Å². The van der Waals surface area contributed by atoms with Gasteiger partial charge in [-0.1, -0.05) is 142 Å². The Hall–Kier alpha value is 0.150. The van der Waals surface area contributed by atoms with Crippen LogP contribution in [-0.4, -0.2) is 17.7 Å². The van der Waals surface area contributed by atoms with Crippen LogP contribution in [0.2, 0.25) is 0 Å². The number of rotatable bonds is 25. The fourth-order valence-electron chi connectivity index (χ4n) is 4.01. The smallest absolute Gasteiger partial charge is 0.324 e. The second kappa shape index (κ2) is 23.8. The Kier molecular flexibility index (Phi) is 23.9. The number of unbranched alkanes of at least 4 members (excludes halogenated alkanes) is 20. The van der Waals surface area contributed by atoms with Crippen LogP contribution in [0, 0.1) is 0 Å². The molecule has 0 fully saturated rings. The van der Waals surface area contributed by atoms with Crippen LogP contribution in [0.25, 0.3) is 0 Å². The molecular weight excluding hydrogens is 391 g/mol. The van der Waals surface area contributed by atoms with Crippen molar-refractivity contribution in [2.75, 3.05) is 12.8 Å². The Labute approximate surface area is 189 Å².